The van der Waals surface area contributed by atoms with Crippen molar-refractivity contribution in [3.8, 4) is 0 Å². The molecule has 1 aliphatic rings. The van der Waals surface area contributed by atoms with Crippen LogP contribution in [0.5, 0.6) is 0 Å². The molecule has 20 heavy (non-hydrogen) atoms. The number of hydrogen-bond acceptors (Lipinski definition) is 3. The van der Waals surface area contributed by atoms with Gasteiger partial charge in [0.05, 0.1) is 18.9 Å². The number of allylic oxidation sites excluding steroid dienone is 2. The fourth-order valence-corrected chi connectivity index (χ4v) is 1.51. The lowest BCUT2D eigenvalue weighted by molar-refractivity contribution is -0.787. The van der Waals surface area contributed by atoms with Crippen molar-refractivity contribution >= 4 is 10.1 Å². The third-order valence-corrected chi connectivity index (χ3v) is 3.15. The van der Waals surface area contributed by atoms with Crippen LogP contribution in [0.15, 0.2) is 24.6 Å². The monoisotopic (exact) mass is 315 g/mol. The molecule has 1 rings (SSSR count). The molecule has 1 N–H and O–H groups in total. The van der Waals surface area contributed by atoms with Crippen LogP contribution in [0.3, 0.4) is 0 Å². The summed E-state index contributed by atoms with van der Waals surface area (Å²) in [5, 5.41) is 0. The first-order chi connectivity index (χ1) is 9.18. The van der Waals surface area contributed by atoms with Gasteiger partial charge in [0.1, 0.15) is 0 Å². The minimum atomic E-state index is -6.09. The quantitative estimate of drug-likeness (QED) is 0.463. The molecule has 0 atom stereocenters. The summed E-state index contributed by atoms with van der Waals surface area (Å²) in [5.41, 5.74) is -5.65. The summed E-state index contributed by atoms with van der Waals surface area (Å²) < 4.78 is 58.9. The van der Waals surface area contributed by atoms with Crippen molar-refractivity contribution in [3.05, 3.63) is 24.6 Å². The topological polar surface area (TPSA) is 61.6 Å². The Balaban J connectivity index is 0.000000396. The number of nitrogens with one attached hydrogen (secondary N) is 1. The van der Waals surface area contributed by atoms with E-state index in [1.54, 1.807) is 0 Å². The maximum atomic E-state index is 10.7. The highest BCUT2D eigenvalue weighted by Gasteiger charge is 2.36. The van der Waals surface area contributed by atoms with Crippen LogP contribution < -0.4 is 4.90 Å². The van der Waals surface area contributed by atoms with Crippen molar-refractivity contribution in [1.29, 1.82) is 0 Å². The summed E-state index contributed by atoms with van der Waals surface area (Å²) in [4.78, 5) is 1.51. The highest BCUT2D eigenvalue weighted by molar-refractivity contribution is 7.86. The SMILES string of the molecule is CCCCCCC[NH+]1C=CC=C1.O=S(=O)([O-])C(F)(F)F. The third-order valence-electron chi connectivity index (χ3n) is 2.58. The van der Waals surface area contributed by atoms with Gasteiger partial charge in [-0.15, -0.1) is 0 Å². The molecule has 0 saturated heterocycles. The van der Waals surface area contributed by atoms with E-state index >= 15 is 0 Å². The minimum absolute atomic E-state index is 1.27. The Labute approximate surface area is 117 Å². The van der Waals surface area contributed by atoms with Gasteiger partial charge in [-0.2, -0.15) is 13.2 Å². The van der Waals surface area contributed by atoms with Gasteiger partial charge in [-0.3, -0.25) is 4.90 Å². The summed E-state index contributed by atoms with van der Waals surface area (Å²) in [7, 11) is -6.09. The van der Waals surface area contributed by atoms with Gasteiger partial charge in [0, 0.05) is 0 Å². The second-order valence-electron chi connectivity index (χ2n) is 4.36. The second-order valence-corrected chi connectivity index (χ2v) is 5.73. The van der Waals surface area contributed by atoms with Crippen LogP contribution in [-0.4, -0.2) is 25.0 Å². The first-order valence-electron chi connectivity index (χ1n) is 6.41. The molecular weight excluding hydrogens is 295 g/mol. The summed E-state index contributed by atoms with van der Waals surface area (Å²) in [5.74, 6) is 0. The van der Waals surface area contributed by atoms with Gasteiger partial charge in [0.2, 0.25) is 0 Å². The Hall–Kier alpha value is -0.860. The highest BCUT2D eigenvalue weighted by Crippen LogP contribution is 2.20. The molecule has 0 aromatic rings. The Morgan fingerprint density at radius 1 is 1.05 bits per heavy atom. The normalized spacial score (nSPS) is 15.2. The van der Waals surface area contributed by atoms with E-state index in [1.807, 2.05) is 0 Å². The smallest absolute Gasteiger partial charge is 0.485 e. The molecule has 1 heterocycles. The van der Waals surface area contributed by atoms with Gasteiger partial charge in [-0.25, -0.2) is 8.42 Å². The molecule has 0 fully saturated rings. The van der Waals surface area contributed by atoms with Crippen molar-refractivity contribution in [2.45, 2.75) is 44.5 Å². The molecule has 0 saturated carbocycles. The van der Waals surface area contributed by atoms with Crippen molar-refractivity contribution < 1.29 is 31.0 Å². The molecule has 0 aromatic carbocycles. The predicted molar refractivity (Wildman–Crippen MR) is 68.6 cm³/mol. The van der Waals surface area contributed by atoms with E-state index in [1.165, 1.54) is 43.5 Å². The van der Waals surface area contributed by atoms with Crippen LogP contribution in [0.25, 0.3) is 0 Å². The van der Waals surface area contributed by atoms with Crippen LogP contribution >= 0.6 is 0 Å². The molecule has 0 aliphatic carbocycles. The molecule has 0 amide bonds. The minimum Gasteiger partial charge on any atom is -0.741 e. The zero-order chi connectivity index (χ0) is 15.6. The molecule has 8 heteroatoms. The van der Waals surface area contributed by atoms with E-state index in [4.69, 9.17) is 13.0 Å². The van der Waals surface area contributed by atoms with Crippen molar-refractivity contribution in [1.82, 2.24) is 0 Å². The van der Waals surface area contributed by atoms with E-state index in [2.05, 4.69) is 31.5 Å². The number of alkyl halides is 3. The molecule has 118 valence electrons. The highest BCUT2D eigenvalue weighted by atomic mass is 32.2. The average Bonchev–Trinajstić information content (AvgIpc) is 2.80. The van der Waals surface area contributed by atoms with Gasteiger partial charge in [-0.1, -0.05) is 26.2 Å². The van der Waals surface area contributed by atoms with E-state index in [9.17, 15) is 13.2 Å². The molecule has 0 radical (unpaired) electrons. The molecule has 1 aliphatic heterocycles. The maximum Gasteiger partial charge on any atom is 0.485 e. The summed E-state index contributed by atoms with van der Waals surface area (Å²) in [6.07, 6.45) is 15.6. The van der Waals surface area contributed by atoms with Crippen LogP contribution in [0.4, 0.5) is 13.2 Å². The first-order valence-corrected chi connectivity index (χ1v) is 7.82. The van der Waals surface area contributed by atoms with Crippen LogP contribution in [0, 0.1) is 0 Å². The third kappa shape index (κ3) is 9.11. The zero-order valence-electron chi connectivity index (χ0n) is 11.3. The standard InChI is InChI=1S/C11H19N.CHF3O3S/c1-2-3-4-5-6-9-12-10-7-8-11-12;2-1(3,4)8(5,6)7/h7-8,10-11H,2-6,9H2,1H3;(H,5,6,7). The van der Waals surface area contributed by atoms with Gasteiger partial charge >= 0.3 is 5.51 Å². The Morgan fingerprint density at radius 2 is 1.50 bits per heavy atom. The number of hydrogen-bond donors (Lipinski definition) is 1. The largest absolute Gasteiger partial charge is 0.741 e. The average molecular weight is 315 g/mol. The van der Waals surface area contributed by atoms with Gasteiger partial charge in [0.25, 0.3) is 0 Å². The Kier molecular flexibility index (Phi) is 8.75. The lowest BCUT2D eigenvalue weighted by Crippen LogP contribution is -3.01. The number of halogens is 3. The predicted octanol–water partition coefficient (Wildman–Crippen LogP) is 1.93. The van der Waals surface area contributed by atoms with Gasteiger partial charge in [-0.05, 0) is 25.0 Å². The molecule has 0 spiro atoms. The molecule has 0 unspecified atom stereocenters. The second kappa shape index (κ2) is 9.15. The summed E-state index contributed by atoms with van der Waals surface area (Å²) in [6, 6.07) is 0. The van der Waals surface area contributed by atoms with E-state index in [-0.39, 0.29) is 0 Å². The molecule has 0 aromatic heterocycles. The van der Waals surface area contributed by atoms with Crippen molar-refractivity contribution in [2.24, 2.45) is 0 Å². The molecular formula is C12H20F3NO3S. The van der Waals surface area contributed by atoms with E-state index in [0.29, 0.717) is 0 Å². The van der Waals surface area contributed by atoms with Gasteiger partial charge in [0.15, 0.2) is 10.1 Å². The molecule has 0 bridgehead atoms. The fraction of sp³-hybridized carbons (Fsp3) is 0.667. The van der Waals surface area contributed by atoms with E-state index in [0.717, 1.165) is 0 Å². The zero-order valence-corrected chi connectivity index (χ0v) is 12.1. The Morgan fingerprint density at radius 3 is 1.90 bits per heavy atom. The van der Waals surface area contributed by atoms with Crippen LogP contribution in [0.1, 0.15) is 39.0 Å². The van der Waals surface area contributed by atoms with Gasteiger partial charge < -0.3 is 4.55 Å². The number of unbranched alkanes of at least 4 members (excludes halogenated alkanes) is 4. The van der Waals surface area contributed by atoms with Crippen molar-refractivity contribution in [3.63, 3.8) is 0 Å². The van der Waals surface area contributed by atoms with Crippen LogP contribution in [0.2, 0.25) is 0 Å². The maximum absolute atomic E-state index is 10.7. The number of rotatable bonds is 6. The lowest BCUT2D eigenvalue weighted by Gasteiger charge is -2.08. The molecule has 4 nitrogen and oxygen atoms in total. The first kappa shape index (κ1) is 19.1. The van der Waals surface area contributed by atoms with Crippen molar-refractivity contribution in [2.75, 3.05) is 6.54 Å². The lowest BCUT2D eigenvalue weighted by atomic mass is 10.1. The van der Waals surface area contributed by atoms with Crippen LogP contribution in [-0.2, 0) is 10.1 Å². The number of quaternary nitrogens is 1. The van der Waals surface area contributed by atoms with E-state index < -0.39 is 15.6 Å². The summed E-state index contributed by atoms with van der Waals surface area (Å²) in [6.45, 7) is 3.54. The summed E-state index contributed by atoms with van der Waals surface area (Å²) >= 11 is 0. The fourth-order valence-electron chi connectivity index (χ4n) is 1.51. The Bertz CT molecular complexity index is 404.